The van der Waals surface area contributed by atoms with Crippen LogP contribution in [-0.4, -0.2) is 5.16 Å². The summed E-state index contributed by atoms with van der Waals surface area (Å²) in [6.45, 7) is 0. The molecule has 0 atom stereocenters. The van der Waals surface area contributed by atoms with E-state index >= 15 is 0 Å². The first-order valence-corrected chi connectivity index (χ1v) is 5.48. The van der Waals surface area contributed by atoms with Crippen LogP contribution in [0.2, 0.25) is 0 Å². The molecule has 0 aliphatic carbocycles. The molecular weight excluding hydrogens is 256 g/mol. The van der Waals surface area contributed by atoms with E-state index in [1.165, 1.54) is 0 Å². The van der Waals surface area contributed by atoms with Crippen LogP contribution in [0.1, 0.15) is 11.3 Å². The molecule has 0 radical (unpaired) electrons. The normalized spacial score (nSPS) is 9.87. The molecule has 0 amide bonds. The highest BCUT2D eigenvalue weighted by Crippen LogP contribution is 2.23. The number of benzene rings is 1. The molecular formula is C11H7BrN2O. The van der Waals surface area contributed by atoms with Crippen LogP contribution in [0.25, 0.3) is 11.3 Å². The quantitative estimate of drug-likeness (QED) is 0.782. The van der Waals surface area contributed by atoms with Crippen molar-refractivity contribution in [1.29, 1.82) is 5.26 Å². The molecule has 0 saturated carbocycles. The van der Waals surface area contributed by atoms with E-state index in [-0.39, 0.29) is 0 Å². The topological polar surface area (TPSA) is 49.8 Å². The fourth-order valence-corrected chi connectivity index (χ4v) is 1.57. The molecule has 0 bridgehead atoms. The number of halogens is 1. The molecule has 74 valence electrons. The smallest absolute Gasteiger partial charge is 0.147 e. The van der Waals surface area contributed by atoms with Crippen LogP contribution in [0, 0.1) is 11.3 Å². The van der Waals surface area contributed by atoms with E-state index in [4.69, 9.17) is 9.78 Å². The van der Waals surface area contributed by atoms with Crippen LogP contribution in [-0.2, 0) is 5.33 Å². The van der Waals surface area contributed by atoms with Gasteiger partial charge in [0.2, 0.25) is 0 Å². The van der Waals surface area contributed by atoms with Gasteiger partial charge in [0.25, 0.3) is 0 Å². The second-order valence-electron chi connectivity index (χ2n) is 2.97. The fourth-order valence-electron chi connectivity index (χ4n) is 1.31. The van der Waals surface area contributed by atoms with E-state index in [9.17, 15) is 0 Å². The van der Waals surface area contributed by atoms with Gasteiger partial charge < -0.3 is 4.52 Å². The van der Waals surface area contributed by atoms with Crippen LogP contribution < -0.4 is 0 Å². The molecule has 2 aromatic rings. The third-order valence-corrected chi connectivity index (χ3v) is 2.57. The third-order valence-electron chi connectivity index (χ3n) is 2.01. The van der Waals surface area contributed by atoms with Gasteiger partial charge in [-0.2, -0.15) is 5.26 Å². The molecule has 0 saturated heterocycles. The first-order chi connectivity index (χ1) is 7.35. The molecule has 15 heavy (non-hydrogen) atoms. The average molecular weight is 263 g/mol. The maximum atomic E-state index is 8.93. The minimum absolute atomic E-state index is 0.604. The summed E-state index contributed by atoms with van der Waals surface area (Å²) < 4.78 is 5.06. The molecule has 1 heterocycles. The van der Waals surface area contributed by atoms with Crippen LogP contribution in [0.15, 0.2) is 34.9 Å². The van der Waals surface area contributed by atoms with Gasteiger partial charge in [0.15, 0.2) is 0 Å². The number of alkyl halides is 1. The van der Waals surface area contributed by atoms with Crippen molar-refractivity contribution in [3.8, 4) is 17.3 Å². The zero-order chi connectivity index (χ0) is 10.7. The Morgan fingerprint density at radius 2 is 2.20 bits per heavy atom. The lowest BCUT2D eigenvalue weighted by molar-refractivity contribution is 0.398. The minimum Gasteiger partial charge on any atom is -0.360 e. The Bertz CT molecular complexity index is 513. The lowest BCUT2D eigenvalue weighted by atomic mass is 10.1. The summed E-state index contributed by atoms with van der Waals surface area (Å²) in [6, 6.07) is 11.3. The fraction of sp³-hybridized carbons (Fsp3) is 0.0909. The van der Waals surface area contributed by atoms with Crippen molar-refractivity contribution >= 4 is 15.9 Å². The van der Waals surface area contributed by atoms with Gasteiger partial charge in [-0.1, -0.05) is 39.3 Å². The van der Waals surface area contributed by atoms with Crippen molar-refractivity contribution in [2.75, 3.05) is 0 Å². The van der Waals surface area contributed by atoms with Gasteiger partial charge in [-0.25, -0.2) is 0 Å². The Morgan fingerprint density at radius 1 is 1.40 bits per heavy atom. The molecule has 0 aliphatic rings. The number of rotatable bonds is 2. The van der Waals surface area contributed by atoms with Gasteiger partial charge in [0.1, 0.15) is 11.5 Å². The highest BCUT2D eigenvalue weighted by atomic mass is 79.9. The SMILES string of the molecule is N#Cc1ccccc1-c1cc(CBr)on1. The highest BCUT2D eigenvalue weighted by Gasteiger charge is 2.09. The molecule has 3 nitrogen and oxygen atoms in total. The lowest BCUT2D eigenvalue weighted by Gasteiger charge is -1.96. The van der Waals surface area contributed by atoms with Gasteiger partial charge in [-0.15, -0.1) is 0 Å². The standard InChI is InChI=1S/C11H7BrN2O/c12-6-9-5-11(14-15-9)10-4-2-1-3-8(10)7-13/h1-5H,6H2. The van der Waals surface area contributed by atoms with Crippen LogP contribution in [0.3, 0.4) is 0 Å². The summed E-state index contributed by atoms with van der Waals surface area (Å²) in [4.78, 5) is 0. The summed E-state index contributed by atoms with van der Waals surface area (Å²) in [7, 11) is 0. The Labute approximate surface area is 95.4 Å². The second-order valence-corrected chi connectivity index (χ2v) is 3.53. The average Bonchev–Trinajstić information content (AvgIpc) is 2.77. The van der Waals surface area contributed by atoms with Crippen molar-refractivity contribution in [2.45, 2.75) is 5.33 Å². The minimum atomic E-state index is 0.604. The molecule has 4 heteroatoms. The van der Waals surface area contributed by atoms with E-state index in [1.54, 1.807) is 6.07 Å². The molecule has 0 unspecified atom stereocenters. The van der Waals surface area contributed by atoms with Crippen molar-refractivity contribution in [2.24, 2.45) is 0 Å². The molecule has 0 spiro atoms. The summed E-state index contributed by atoms with van der Waals surface area (Å²) in [5, 5.41) is 13.5. The largest absolute Gasteiger partial charge is 0.360 e. The second kappa shape index (κ2) is 4.28. The Kier molecular flexibility index (Phi) is 2.84. The number of hydrogen-bond acceptors (Lipinski definition) is 3. The van der Waals surface area contributed by atoms with Crippen molar-refractivity contribution in [1.82, 2.24) is 5.16 Å². The third kappa shape index (κ3) is 1.92. The van der Waals surface area contributed by atoms with Crippen molar-refractivity contribution in [3.63, 3.8) is 0 Å². The summed E-state index contributed by atoms with van der Waals surface area (Å²) >= 11 is 3.28. The summed E-state index contributed by atoms with van der Waals surface area (Å²) in [5.74, 6) is 0.748. The monoisotopic (exact) mass is 262 g/mol. The summed E-state index contributed by atoms with van der Waals surface area (Å²) in [6.07, 6.45) is 0. The number of hydrogen-bond donors (Lipinski definition) is 0. The molecule has 0 N–H and O–H groups in total. The molecule has 1 aromatic heterocycles. The number of nitrogens with zero attached hydrogens (tertiary/aromatic N) is 2. The molecule has 0 fully saturated rings. The summed E-state index contributed by atoms with van der Waals surface area (Å²) in [5.41, 5.74) is 2.10. The van der Waals surface area contributed by atoms with Crippen LogP contribution >= 0.6 is 15.9 Å². The van der Waals surface area contributed by atoms with Crippen molar-refractivity contribution in [3.05, 3.63) is 41.7 Å². The first kappa shape index (κ1) is 9.94. The van der Waals surface area contributed by atoms with Crippen molar-refractivity contribution < 1.29 is 4.52 Å². The van der Waals surface area contributed by atoms with E-state index < -0.39 is 0 Å². The van der Waals surface area contributed by atoms with E-state index in [0.29, 0.717) is 16.6 Å². The maximum absolute atomic E-state index is 8.93. The van der Waals surface area contributed by atoms with E-state index in [1.807, 2.05) is 24.3 Å². The lowest BCUT2D eigenvalue weighted by Crippen LogP contribution is -1.82. The van der Waals surface area contributed by atoms with Gasteiger partial charge in [-0.3, -0.25) is 0 Å². The Hall–Kier alpha value is -1.60. The predicted molar refractivity (Wildman–Crippen MR) is 59.3 cm³/mol. The Morgan fingerprint density at radius 3 is 2.87 bits per heavy atom. The Balaban J connectivity index is 2.49. The highest BCUT2D eigenvalue weighted by molar-refractivity contribution is 9.08. The predicted octanol–water partition coefficient (Wildman–Crippen LogP) is 3.11. The maximum Gasteiger partial charge on any atom is 0.147 e. The van der Waals surface area contributed by atoms with Crippen LogP contribution in [0.4, 0.5) is 0 Å². The number of aromatic nitrogens is 1. The first-order valence-electron chi connectivity index (χ1n) is 4.36. The van der Waals surface area contributed by atoms with Gasteiger partial charge in [-0.05, 0) is 6.07 Å². The van der Waals surface area contributed by atoms with Gasteiger partial charge in [0.05, 0.1) is 17.0 Å². The molecule has 1 aromatic carbocycles. The van der Waals surface area contributed by atoms with Crippen LogP contribution in [0.5, 0.6) is 0 Å². The zero-order valence-electron chi connectivity index (χ0n) is 7.77. The zero-order valence-corrected chi connectivity index (χ0v) is 9.36. The van der Waals surface area contributed by atoms with E-state index in [0.717, 1.165) is 11.3 Å². The number of nitriles is 1. The molecule has 2 rings (SSSR count). The van der Waals surface area contributed by atoms with Gasteiger partial charge in [0, 0.05) is 11.6 Å². The van der Waals surface area contributed by atoms with Gasteiger partial charge >= 0.3 is 0 Å². The molecule has 0 aliphatic heterocycles. The van der Waals surface area contributed by atoms with E-state index in [2.05, 4.69) is 27.2 Å².